The molecule has 28 heavy (non-hydrogen) atoms. The van der Waals surface area contributed by atoms with Crippen LogP contribution in [-0.4, -0.2) is 14.2 Å². The molecule has 5 nitrogen and oxygen atoms in total. The second-order valence-corrected chi connectivity index (χ2v) is 9.10. The maximum Gasteiger partial charge on any atom is 0.177 e. The Hall–Kier alpha value is -2.82. The fourth-order valence-corrected chi connectivity index (χ4v) is 5.81. The average Bonchev–Trinajstić information content (AvgIpc) is 2.97. The summed E-state index contributed by atoms with van der Waals surface area (Å²) >= 11 is 6.10. The fraction of sp³-hybridized carbons (Fsp3) is 0.150. The van der Waals surface area contributed by atoms with E-state index < -0.39 is 21.6 Å². The summed E-state index contributed by atoms with van der Waals surface area (Å²) in [5.41, 5.74) is 8.06. The summed E-state index contributed by atoms with van der Waals surface area (Å²) in [6.45, 7) is 0. The first kappa shape index (κ1) is 18.5. The molecule has 0 amide bonds. The number of allylic oxidation sites excluding steroid dienone is 3. The van der Waals surface area contributed by atoms with Crippen molar-refractivity contribution in [3.63, 3.8) is 0 Å². The van der Waals surface area contributed by atoms with Gasteiger partial charge in [-0.2, -0.15) is 5.26 Å². The molecule has 142 valence electrons. The molecule has 2 aliphatic rings. The van der Waals surface area contributed by atoms with Gasteiger partial charge in [-0.1, -0.05) is 23.7 Å². The number of hydrogen-bond donors (Lipinski definition) is 1. The number of rotatable bonds is 2. The van der Waals surface area contributed by atoms with Crippen molar-refractivity contribution < 1.29 is 12.8 Å². The van der Waals surface area contributed by atoms with E-state index in [1.165, 1.54) is 24.3 Å². The van der Waals surface area contributed by atoms with E-state index in [4.69, 9.17) is 17.3 Å². The molecule has 2 aliphatic heterocycles. The minimum absolute atomic E-state index is 0.0710. The minimum atomic E-state index is -3.59. The van der Waals surface area contributed by atoms with Crippen molar-refractivity contribution in [3.8, 4) is 6.07 Å². The van der Waals surface area contributed by atoms with Crippen LogP contribution in [-0.2, 0) is 9.84 Å². The van der Waals surface area contributed by atoms with Crippen LogP contribution in [0.25, 0.3) is 0 Å². The van der Waals surface area contributed by atoms with Crippen LogP contribution >= 0.6 is 11.6 Å². The van der Waals surface area contributed by atoms with Gasteiger partial charge in [0, 0.05) is 22.8 Å². The van der Waals surface area contributed by atoms with Crippen LogP contribution in [0.4, 0.5) is 10.1 Å². The lowest BCUT2D eigenvalue weighted by Gasteiger charge is -2.35. The fourth-order valence-electron chi connectivity index (χ4n) is 3.77. The molecule has 2 heterocycles. The van der Waals surface area contributed by atoms with Gasteiger partial charge < -0.3 is 5.73 Å². The second-order valence-electron chi connectivity index (χ2n) is 6.59. The maximum absolute atomic E-state index is 13.4. The average molecular weight is 416 g/mol. The Bertz CT molecular complexity index is 1180. The van der Waals surface area contributed by atoms with Gasteiger partial charge in [-0.15, -0.1) is 0 Å². The van der Waals surface area contributed by atoms with Crippen molar-refractivity contribution in [2.75, 3.05) is 10.7 Å². The normalized spacial score (nSPS) is 20.9. The molecule has 0 saturated heterocycles. The summed E-state index contributed by atoms with van der Waals surface area (Å²) in [4.78, 5) is 1.70. The van der Waals surface area contributed by atoms with Crippen LogP contribution in [0.2, 0.25) is 5.02 Å². The predicted octanol–water partition coefficient (Wildman–Crippen LogP) is 3.81. The summed E-state index contributed by atoms with van der Waals surface area (Å²) in [7, 11) is -3.59. The van der Waals surface area contributed by atoms with Crippen molar-refractivity contribution in [2.45, 2.75) is 12.3 Å². The monoisotopic (exact) mass is 415 g/mol. The number of nitrogens with two attached hydrogens (primary N) is 1. The van der Waals surface area contributed by atoms with Crippen molar-refractivity contribution in [1.29, 1.82) is 5.26 Å². The summed E-state index contributed by atoms with van der Waals surface area (Å²) in [5.74, 6) is -1.18. The largest absolute Gasteiger partial charge is 0.384 e. The zero-order valence-electron chi connectivity index (χ0n) is 14.6. The Morgan fingerprint density at radius 3 is 2.57 bits per heavy atom. The molecule has 0 radical (unpaired) electrons. The van der Waals surface area contributed by atoms with Crippen molar-refractivity contribution in [1.82, 2.24) is 0 Å². The lowest BCUT2D eigenvalue weighted by molar-refractivity contribution is 0.602. The van der Waals surface area contributed by atoms with E-state index in [2.05, 4.69) is 6.07 Å². The van der Waals surface area contributed by atoms with Gasteiger partial charge in [0.05, 0.1) is 28.2 Å². The van der Waals surface area contributed by atoms with Crippen LogP contribution in [0.15, 0.2) is 70.5 Å². The first-order valence-corrected chi connectivity index (χ1v) is 10.5. The van der Waals surface area contributed by atoms with Gasteiger partial charge in [-0.05, 0) is 42.0 Å². The highest BCUT2D eigenvalue weighted by molar-refractivity contribution is 7.95. The number of halogens is 2. The molecule has 0 fully saturated rings. The van der Waals surface area contributed by atoms with Gasteiger partial charge in [-0.25, -0.2) is 12.8 Å². The lowest BCUT2D eigenvalue weighted by Crippen LogP contribution is -2.34. The highest BCUT2D eigenvalue weighted by Gasteiger charge is 2.45. The summed E-state index contributed by atoms with van der Waals surface area (Å²) < 4.78 is 39.2. The zero-order chi connectivity index (χ0) is 20.1. The van der Waals surface area contributed by atoms with E-state index in [0.717, 1.165) is 0 Å². The molecule has 0 aliphatic carbocycles. The molecule has 2 N–H and O–H groups in total. The van der Waals surface area contributed by atoms with Gasteiger partial charge in [0.2, 0.25) is 0 Å². The maximum atomic E-state index is 13.4. The molecular formula is C20H15ClFN3O2S. The van der Waals surface area contributed by atoms with Crippen molar-refractivity contribution in [3.05, 3.63) is 86.9 Å². The molecule has 4 rings (SSSR count). The van der Waals surface area contributed by atoms with Gasteiger partial charge in [-0.3, -0.25) is 4.90 Å². The number of anilines is 1. The van der Waals surface area contributed by atoms with Crippen molar-refractivity contribution >= 4 is 27.1 Å². The first-order chi connectivity index (χ1) is 13.3. The number of nitriles is 1. The highest BCUT2D eigenvalue weighted by Crippen LogP contribution is 2.48. The molecule has 2 aromatic carbocycles. The van der Waals surface area contributed by atoms with Crippen LogP contribution in [0.5, 0.6) is 0 Å². The minimum Gasteiger partial charge on any atom is -0.384 e. The molecule has 0 saturated carbocycles. The molecule has 8 heteroatoms. The number of nitrogens with zero attached hydrogens (tertiary/aromatic N) is 2. The van der Waals surface area contributed by atoms with E-state index in [9.17, 15) is 18.1 Å². The predicted molar refractivity (Wildman–Crippen MR) is 105 cm³/mol. The van der Waals surface area contributed by atoms with Gasteiger partial charge >= 0.3 is 0 Å². The topological polar surface area (TPSA) is 87.2 Å². The van der Waals surface area contributed by atoms with E-state index in [-0.39, 0.29) is 28.5 Å². The first-order valence-electron chi connectivity index (χ1n) is 8.50. The lowest BCUT2D eigenvalue weighted by atomic mass is 9.87. The van der Waals surface area contributed by atoms with E-state index in [1.807, 2.05) is 0 Å². The Balaban J connectivity index is 2.00. The summed E-state index contributed by atoms with van der Waals surface area (Å²) in [5, 5.41) is 10.3. The quantitative estimate of drug-likeness (QED) is 0.805. The molecule has 2 aromatic rings. The van der Waals surface area contributed by atoms with Crippen LogP contribution < -0.4 is 10.6 Å². The molecule has 0 unspecified atom stereocenters. The molecule has 0 aromatic heterocycles. The van der Waals surface area contributed by atoms with Crippen LogP contribution in [0.3, 0.4) is 0 Å². The van der Waals surface area contributed by atoms with Gasteiger partial charge in [0.25, 0.3) is 0 Å². The number of sulfone groups is 1. The SMILES string of the molecule is N#CC1=C(N)N(c2ccc(F)cc2)C2=C([C@@H]1c1cccc(Cl)c1)S(=O)(=O)CC2. The van der Waals surface area contributed by atoms with Gasteiger partial charge in [0.15, 0.2) is 9.84 Å². The second kappa shape index (κ2) is 6.66. The van der Waals surface area contributed by atoms with Crippen molar-refractivity contribution in [2.24, 2.45) is 5.73 Å². The van der Waals surface area contributed by atoms with E-state index in [1.54, 1.807) is 29.2 Å². The third-order valence-corrected chi connectivity index (χ3v) is 7.07. The Kier molecular flexibility index (Phi) is 4.41. The molecule has 0 bridgehead atoms. The Labute approximate surface area is 167 Å². The molecular weight excluding hydrogens is 401 g/mol. The highest BCUT2D eigenvalue weighted by atomic mass is 35.5. The van der Waals surface area contributed by atoms with E-state index >= 15 is 0 Å². The molecule has 1 atom stereocenters. The van der Waals surface area contributed by atoms with Crippen LogP contribution in [0, 0.1) is 17.1 Å². The van der Waals surface area contributed by atoms with Gasteiger partial charge in [0.1, 0.15) is 11.6 Å². The number of hydrogen-bond acceptors (Lipinski definition) is 5. The standard InChI is InChI=1S/C20H15ClFN3O2S/c21-13-3-1-2-12(10-13)18-16(11-23)20(24)25(15-6-4-14(22)5-7-15)17-8-9-28(26,27)19(17)18/h1-7,10,18H,8-9,24H2/t18-/m1/s1. The smallest absolute Gasteiger partial charge is 0.177 e. The Morgan fingerprint density at radius 2 is 1.93 bits per heavy atom. The Morgan fingerprint density at radius 1 is 1.21 bits per heavy atom. The third kappa shape index (κ3) is 2.86. The summed E-state index contributed by atoms with van der Waals surface area (Å²) in [6, 6.07) is 14.4. The van der Waals surface area contributed by atoms with E-state index in [0.29, 0.717) is 22.0 Å². The third-order valence-electron chi connectivity index (χ3n) is 4.95. The van der Waals surface area contributed by atoms with Crippen LogP contribution in [0.1, 0.15) is 17.9 Å². The summed E-state index contributed by atoms with van der Waals surface area (Å²) in [6.07, 6.45) is 0.255. The zero-order valence-corrected chi connectivity index (χ0v) is 16.1. The molecule has 0 spiro atoms. The number of benzene rings is 2.